The van der Waals surface area contributed by atoms with Gasteiger partial charge in [-0.3, -0.25) is 10.2 Å². The van der Waals surface area contributed by atoms with E-state index in [2.05, 4.69) is 5.43 Å². The van der Waals surface area contributed by atoms with Crippen LogP contribution in [0.2, 0.25) is 10.0 Å². The maximum atomic E-state index is 11.5. The summed E-state index contributed by atoms with van der Waals surface area (Å²) in [5, 5.41) is 2.76. The average molecular weight is 317 g/mol. The van der Waals surface area contributed by atoms with Gasteiger partial charge >= 0.3 is 0 Å². The van der Waals surface area contributed by atoms with Crippen LogP contribution in [-0.4, -0.2) is 5.91 Å². The van der Waals surface area contributed by atoms with E-state index in [9.17, 15) is 4.79 Å². The number of nitrogens with one attached hydrogen (secondary N) is 1. The lowest BCUT2D eigenvalue weighted by Gasteiger charge is -2.08. The number of carbonyl (C=O) groups is 1. The second kappa shape index (κ2) is 6.25. The summed E-state index contributed by atoms with van der Waals surface area (Å²) in [6.07, 6.45) is 0. The number of hydrazine groups is 1. The molecule has 4 nitrogen and oxygen atoms in total. The van der Waals surface area contributed by atoms with Crippen molar-refractivity contribution in [3.05, 3.63) is 50.1 Å². The molecule has 0 atom stereocenters. The summed E-state index contributed by atoms with van der Waals surface area (Å²) in [4.78, 5) is 12.0. The van der Waals surface area contributed by atoms with Crippen molar-refractivity contribution in [2.45, 2.75) is 6.61 Å². The summed E-state index contributed by atoms with van der Waals surface area (Å²) in [7, 11) is 0. The van der Waals surface area contributed by atoms with Crippen molar-refractivity contribution in [3.8, 4) is 5.75 Å². The smallest absolute Gasteiger partial charge is 0.275 e. The first-order valence-corrected chi connectivity index (χ1v) is 6.90. The predicted molar refractivity (Wildman–Crippen MR) is 76.8 cm³/mol. The first-order valence-electron chi connectivity index (χ1n) is 5.27. The van der Waals surface area contributed by atoms with Gasteiger partial charge in [0, 0.05) is 10.6 Å². The van der Waals surface area contributed by atoms with Crippen LogP contribution in [0.15, 0.2) is 29.6 Å². The number of ether oxygens (including phenoxy) is 1. The molecule has 0 aliphatic carbocycles. The molecule has 0 fully saturated rings. The Hall–Kier alpha value is -1.27. The minimum atomic E-state index is -0.337. The van der Waals surface area contributed by atoms with Gasteiger partial charge in [0.15, 0.2) is 0 Å². The van der Waals surface area contributed by atoms with Gasteiger partial charge in [0.05, 0.1) is 9.90 Å². The number of halogens is 2. The molecule has 0 saturated carbocycles. The van der Waals surface area contributed by atoms with E-state index >= 15 is 0 Å². The van der Waals surface area contributed by atoms with E-state index in [0.717, 1.165) is 5.56 Å². The fourth-order valence-corrected chi connectivity index (χ4v) is 2.74. The maximum absolute atomic E-state index is 11.5. The summed E-state index contributed by atoms with van der Waals surface area (Å²) < 4.78 is 5.57. The SMILES string of the molecule is NNC(=O)c1sccc1COc1ccc(Cl)cc1Cl. The summed E-state index contributed by atoms with van der Waals surface area (Å²) in [5.41, 5.74) is 2.85. The van der Waals surface area contributed by atoms with Crippen molar-refractivity contribution in [2.24, 2.45) is 5.84 Å². The predicted octanol–water partition coefficient (Wildman–Crippen LogP) is 3.24. The van der Waals surface area contributed by atoms with E-state index in [0.29, 0.717) is 20.7 Å². The molecule has 19 heavy (non-hydrogen) atoms. The maximum Gasteiger partial charge on any atom is 0.275 e. The lowest BCUT2D eigenvalue weighted by atomic mass is 10.2. The molecule has 1 heterocycles. The second-order valence-electron chi connectivity index (χ2n) is 3.61. The van der Waals surface area contributed by atoms with E-state index in [1.54, 1.807) is 29.6 Å². The van der Waals surface area contributed by atoms with E-state index in [4.69, 9.17) is 33.8 Å². The van der Waals surface area contributed by atoms with Crippen molar-refractivity contribution in [1.29, 1.82) is 0 Å². The van der Waals surface area contributed by atoms with Gasteiger partial charge in [-0.1, -0.05) is 23.2 Å². The van der Waals surface area contributed by atoms with Crippen LogP contribution in [-0.2, 0) is 6.61 Å². The number of hydrogen-bond donors (Lipinski definition) is 2. The van der Waals surface area contributed by atoms with Gasteiger partial charge in [-0.2, -0.15) is 0 Å². The molecule has 7 heteroatoms. The summed E-state index contributed by atoms with van der Waals surface area (Å²) in [6, 6.07) is 6.77. The van der Waals surface area contributed by atoms with Crippen molar-refractivity contribution in [2.75, 3.05) is 0 Å². The minimum Gasteiger partial charge on any atom is -0.487 e. The van der Waals surface area contributed by atoms with Crippen LogP contribution in [0.25, 0.3) is 0 Å². The minimum absolute atomic E-state index is 0.230. The number of hydrogen-bond acceptors (Lipinski definition) is 4. The summed E-state index contributed by atoms with van der Waals surface area (Å²) in [6.45, 7) is 0.230. The standard InChI is InChI=1S/C12H10Cl2N2O2S/c13-8-1-2-10(9(14)5-8)18-6-7-3-4-19-11(7)12(17)16-15/h1-5H,6,15H2,(H,16,17). The quantitative estimate of drug-likeness (QED) is 0.517. The van der Waals surface area contributed by atoms with Gasteiger partial charge in [-0.05, 0) is 29.6 Å². The van der Waals surface area contributed by atoms with Crippen LogP contribution in [0.4, 0.5) is 0 Å². The van der Waals surface area contributed by atoms with Crippen LogP contribution >= 0.6 is 34.5 Å². The Morgan fingerprint density at radius 3 is 2.84 bits per heavy atom. The van der Waals surface area contributed by atoms with E-state index in [1.165, 1.54) is 11.3 Å². The lowest BCUT2D eigenvalue weighted by molar-refractivity contribution is 0.0955. The van der Waals surface area contributed by atoms with Crippen LogP contribution < -0.4 is 16.0 Å². The molecule has 0 bridgehead atoms. The average Bonchev–Trinajstić information content (AvgIpc) is 2.85. The van der Waals surface area contributed by atoms with Crippen molar-refractivity contribution in [1.82, 2.24) is 5.43 Å². The second-order valence-corrected chi connectivity index (χ2v) is 5.37. The molecule has 2 rings (SSSR count). The molecule has 1 amide bonds. The largest absolute Gasteiger partial charge is 0.487 e. The molecule has 0 spiro atoms. The van der Waals surface area contributed by atoms with Crippen LogP contribution in [0.5, 0.6) is 5.75 Å². The zero-order chi connectivity index (χ0) is 13.8. The van der Waals surface area contributed by atoms with Crippen molar-refractivity contribution >= 4 is 40.4 Å². The first-order chi connectivity index (χ1) is 9.11. The Kier molecular flexibility index (Phi) is 4.66. The number of amides is 1. The zero-order valence-corrected chi connectivity index (χ0v) is 12.0. The molecule has 0 aliphatic heterocycles. The molecular weight excluding hydrogens is 307 g/mol. The monoisotopic (exact) mass is 316 g/mol. The highest BCUT2D eigenvalue weighted by Crippen LogP contribution is 2.28. The lowest BCUT2D eigenvalue weighted by Crippen LogP contribution is -2.30. The van der Waals surface area contributed by atoms with E-state index < -0.39 is 0 Å². The zero-order valence-electron chi connectivity index (χ0n) is 9.65. The number of rotatable bonds is 4. The Labute approximate surface area is 124 Å². The summed E-state index contributed by atoms with van der Waals surface area (Å²) in [5.74, 6) is 5.28. The Bertz CT molecular complexity index is 601. The molecule has 100 valence electrons. The van der Waals surface area contributed by atoms with E-state index in [-0.39, 0.29) is 12.5 Å². The van der Waals surface area contributed by atoms with E-state index in [1.807, 2.05) is 0 Å². The van der Waals surface area contributed by atoms with Gasteiger partial charge in [0.1, 0.15) is 12.4 Å². The molecule has 3 N–H and O–H groups in total. The number of carbonyl (C=O) groups excluding carboxylic acids is 1. The molecule has 0 unspecified atom stereocenters. The van der Waals surface area contributed by atoms with Crippen molar-refractivity contribution < 1.29 is 9.53 Å². The van der Waals surface area contributed by atoms with Crippen LogP contribution in [0.1, 0.15) is 15.2 Å². The fraction of sp³-hybridized carbons (Fsp3) is 0.0833. The molecular formula is C12H10Cl2N2O2S. The van der Waals surface area contributed by atoms with Gasteiger partial charge in [0.25, 0.3) is 5.91 Å². The van der Waals surface area contributed by atoms with Crippen molar-refractivity contribution in [3.63, 3.8) is 0 Å². The van der Waals surface area contributed by atoms with Crippen LogP contribution in [0.3, 0.4) is 0 Å². The normalized spacial score (nSPS) is 10.3. The van der Waals surface area contributed by atoms with Gasteiger partial charge in [0.2, 0.25) is 0 Å². The Morgan fingerprint density at radius 2 is 2.16 bits per heavy atom. The molecule has 0 radical (unpaired) electrons. The van der Waals surface area contributed by atoms with Gasteiger partial charge in [-0.25, -0.2) is 5.84 Å². The topological polar surface area (TPSA) is 64.3 Å². The number of nitrogen functional groups attached to an aromatic ring is 1. The molecule has 0 aliphatic rings. The fourth-order valence-electron chi connectivity index (χ4n) is 1.46. The molecule has 0 saturated heterocycles. The molecule has 1 aromatic heterocycles. The Balaban J connectivity index is 2.10. The highest BCUT2D eigenvalue weighted by molar-refractivity contribution is 7.12. The highest BCUT2D eigenvalue weighted by atomic mass is 35.5. The number of benzene rings is 1. The molecule has 2 aromatic rings. The Morgan fingerprint density at radius 1 is 1.37 bits per heavy atom. The summed E-state index contributed by atoms with van der Waals surface area (Å²) >= 11 is 13.1. The van der Waals surface area contributed by atoms with Gasteiger partial charge < -0.3 is 4.74 Å². The number of thiophene rings is 1. The first kappa shape index (κ1) is 14.1. The third kappa shape index (κ3) is 3.39. The number of nitrogens with two attached hydrogens (primary N) is 1. The third-order valence-corrected chi connectivity index (χ3v) is 3.85. The third-order valence-electron chi connectivity index (χ3n) is 2.36. The molecule has 1 aromatic carbocycles. The van der Waals surface area contributed by atoms with Crippen LogP contribution in [0, 0.1) is 0 Å². The van der Waals surface area contributed by atoms with Gasteiger partial charge in [-0.15, -0.1) is 11.3 Å². The highest BCUT2D eigenvalue weighted by Gasteiger charge is 2.13.